The second-order valence-corrected chi connectivity index (χ2v) is 12.4. The van der Waals surface area contributed by atoms with Crippen LogP contribution in [0.25, 0.3) is 6.08 Å². The Morgan fingerprint density at radius 3 is 0.984 bits per heavy atom. The highest BCUT2D eigenvalue weighted by Crippen LogP contribution is 2.30. The summed E-state index contributed by atoms with van der Waals surface area (Å²) in [5, 5.41) is 0. The van der Waals surface area contributed by atoms with Crippen LogP contribution in [0, 0.1) is 116 Å². The van der Waals surface area contributed by atoms with Crippen LogP contribution < -0.4 is 26.4 Å². The lowest BCUT2D eigenvalue weighted by molar-refractivity contribution is -0.689. The maximum atomic E-state index is 15.4. The first-order chi connectivity index (χ1) is 28.6. The van der Waals surface area contributed by atoms with E-state index in [4.69, 9.17) is 0 Å². The number of nitrogens with zero attached hydrogens (tertiary/aromatic N) is 2. The first kappa shape index (κ1) is 45.7. The van der Waals surface area contributed by atoms with E-state index >= 15 is 35.1 Å². The van der Waals surface area contributed by atoms with E-state index in [1.165, 1.54) is 5.56 Å². The Kier molecular flexibility index (Phi) is 12.9. The van der Waals surface area contributed by atoms with Crippen molar-refractivity contribution < 1.29 is 92.4 Å². The number of benzene rings is 5. The lowest BCUT2D eigenvalue weighted by Gasteiger charge is -2.44. The van der Waals surface area contributed by atoms with Crippen molar-refractivity contribution in [2.75, 3.05) is 0 Å². The van der Waals surface area contributed by atoms with Crippen LogP contribution in [0.4, 0.5) is 87.8 Å². The third-order valence-electron chi connectivity index (χ3n) is 9.03. The van der Waals surface area contributed by atoms with E-state index in [9.17, 15) is 52.7 Å². The van der Waals surface area contributed by atoms with Crippen LogP contribution in [0.3, 0.4) is 0 Å². The standard InChI is InChI=1S/C24BF20.C14H15N2/c26-5-1(6(27)14(35)21(42)13(5)34)25(2-7(28)15(36)22(43)16(37)8(2)29,3-9(30)17(38)23(44)18(39)10(3)31)4-11(32)19(40)24(45)20(41)12(4)33;1-2-6-14-12-16(10-9-15-14)11-13-7-4-3-5-8-13/h;2-10,12H,11H2,1H3/q-1;+1. The van der Waals surface area contributed by atoms with Gasteiger partial charge in [0, 0.05) is 5.56 Å². The van der Waals surface area contributed by atoms with Crippen molar-refractivity contribution in [1.29, 1.82) is 0 Å². The third kappa shape index (κ3) is 7.42. The summed E-state index contributed by atoms with van der Waals surface area (Å²) < 4.78 is 296. The lowest BCUT2D eigenvalue weighted by Crippen LogP contribution is -2.81. The quantitative estimate of drug-likeness (QED) is 0.0519. The second-order valence-electron chi connectivity index (χ2n) is 12.4. The summed E-state index contributed by atoms with van der Waals surface area (Å²) in [5.74, 6) is -71.4. The third-order valence-corrected chi connectivity index (χ3v) is 9.03. The zero-order chi connectivity index (χ0) is 45.6. The van der Waals surface area contributed by atoms with Gasteiger partial charge >= 0.3 is 0 Å². The molecule has 0 aliphatic rings. The van der Waals surface area contributed by atoms with Gasteiger partial charge in [-0.05, 0) is 13.0 Å². The van der Waals surface area contributed by atoms with Gasteiger partial charge in [-0.25, -0.2) is 92.8 Å². The Morgan fingerprint density at radius 1 is 0.426 bits per heavy atom. The summed E-state index contributed by atoms with van der Waals surface area (Å²) in [7, 11) is 0. The second kappa shape index (κ2) is 17.3. The summed E-state index contributed by atoms with van der Waals surface area (Å²) in [6.07, 6.45) is 2.65. The largest absolute Gasteiger partial charge is 0.244 e. The molecular weight excluding hydrogens is 875 g/mol. The minimum Gasteiger partial charge on any atom is -0.244 e. The molecule has 1 aromatic heterocycles. The van der Waals surface area contributed by atoms with E-state index in [0.29, 0.717) is 0 Å². The van der Waals surface area contributed by atoms with Crippen molar-refractivity contribution in [3.63, 3.8) is 0 Å². The van der Waals surface area contributed by atoms with E-state index in [0.717, 1.165) is 12.2 Å². The van der Waals surface area contributed by atoms with E-state index in [-0.39, 0.29) is 0 Å². The Hall–Kier alpha value is -6.42. The molecule has 0 atom stereocenters. The molecule has 0 radical (unpaired) electrons. The molecular formula is C38H15BF20N2. The number of allylic oxidation sites excluding steroid dienone is 1. The van der Waals surface area contributed by atoms with Gasteiger partial charge in [0.05, 0.1) is 6.20 Å². The SMILES string of the molecule is CC=Cc1c[n+](Cc2ccccc2)ccn1.Fc1c(F)c(F)c([B-](c2c(F)c(F)c(F)c(F)c2F)(c2c(F)c(F)c(F)c(F)c2F)c2c(F)c(F)c(F)c(F)c2F)c(F)c1F. The summed E-state index contributed by atoms with van der Waals surface area (Å²) in [5.41, 5.74) is -12.0. The number of hydrogen-bond donors (Lipinski definition) is 0. The lowest BCUT2D eigenvalue weighted by atomic mass is 9.12. The van der Waals surface area contributed by atoms with Crippen molar-refractivity contribution in [3.05, 3.63) is 183 Å². The fourth-order valence-electron chi connectivity index (χ4n) is 6.47. The van der Waals surface area contributed by atoms with Gasteiger partial charge in [0.2, 0.25) is 0 Å². The van der Waals surface area contributed by atoms with Gasteiger partial charge in [0.15, 0.2) is 88.7 Å². The molecule has 0 saturated carbocycles. The summed E-state index contributed by atoms with van der Waals surface area (Å²) in [6, 6.07) is 10.4. The number of hydrogen-bond acceptors (Lipinski definition) is 1. The molecule has 0 fully saturated rings. The van der Waals surface area contributed by atoms with E-state index < -0.39 is 144 Å². The number of rotatable bonds is 7. The zero-order valence-electron chi connectivity index (χ0n) is 29.5. The normalized spacial score (nSPS) is 11.7. The molecule has 6 aromatic rings. The predicted molar refractivity (Wildman–Crippen MR) is 174 cm³/mol. The topological polar surface area (TPSA) is 16.8 Å². The zero-order valence-corrected chi connectivity index (χ0v) is 29.5. The Balaban J connectivity index is 0.000000366. The molecule has 0 aliphatic carbocycles. The molecule has 0 aliphatic heterocycles. The van der Waals surface area contributed by atoms with Gasteiger partial charge in [-0.3, -0.25) is 0 Å². The van der Waals surface area contributed by atoms with Gasteiger partial charge in [-0.1, -0.05) is 36.4 Å². The van der Waals surface area contributed by atoms with Crippen molar-refractivity contribution >= 4 is 34.1 Å². The molecule has 320 valence electrons. The molecule has 5 aromatic carbocycles. The average Bonchev–Trinajstić information content (AvgIpc) is 3.24. The first-order valence-electron chi connectivity index (χ1n) is 16.3. The Labute approximate surface area is 327 Å². The summed E-state index contributed by atoms with van der Waals surface area (Å²) in [4.78, 5) is 4.26. The Bertz CT molecular complexity index is 2360. The molecule has 1 heterocycles. The number of aromatic nitrogens is 2. The van der Waals surface area contributed by atoms with Crippen LogP contribution in [-0.2, 0) is 6.54 Å². The van der Waals surface area contributed by atoms with Crippen LogP contribution in [-0.4, -0.2) is 11.1 Å². The van der Waals surface area contributed by atoms with Gasteiger partial charge in [-0.2, -0.15) is 4.57 Å². The van der Waals surface area contributed by atoms with Gasteiger partial charge in [0.25, 0.3) is 0 Å². The monoisotopic (exact) mass is 890 g/mol. The highest BCUT2D eigenvalue weighted by Gasteiger charge is 2.52. The average molecular weight is 890 g/mol. The predicted octanol–water partition coefficient (Wildman–Crippen LogP) is 8.30. The van der Waals surface area contributed by atoms with Crippen LogP contribution in [0.2, 0.25) is 0 Å². The Morgan fingerprint density at radius 2 is 0.705 bits per heavy atom. The molecule has 6 rings (SSSR count). The van der Waals surface area contributed by atoms with Crippen LogP contribution >= 0.6 is 0 Å². The van der Waals surface area contributed by atoms with E-state index in [1.54, 1.807) is 0 Å². The molecule has 23 heteroatoms. The summed E-state index contributed by atoms with van der Waals surface area (Å²) in [6.45, 7) is 2.88. The van der Waals surface area contributed by atoms with E-state index in [1.807, 2.05) is 43.7 Å². The van der Waals surface area contributed by atoms with E-state index in [2.05, 4.69) is 33.8 Å². The van der Waals surface area contributed by atoms with Crippen LogP contribution in [0.1, 0.15) is 18.2 Å². The number of halogens is 20. The molecule has 2 nitrogen and oxygen atoms in total. The molecule has 61 heavy (non-hydrogen) atoms. The van der Waals surface area contributed by atoms with Crippen molar-refractivity contribution in [1.82, 2.24) is 4.98 Å². The van der Waals surface area contributed by atoms with Crippen LogP contribution in [0.15, 0.2) is 55.0 Å². The fraction of sp³-hybridized carbons (Fsp3) is 0.0526. The molecule has 0 N–H and O–H groups in total. The minimum atomic E-state index is -7.22. The van der Waals surface area contributed by atoms with Gasteiger partial charge < -0.3 is 0 Å². The van der Waals surface area contributed by atoms with Crippen LogP contribution in [0.5, 0.6) is 0 Å². The van der Waals surface area contributed by atoms with Crippen molar-refractivity contribution in [2.24, 2.45) is 0 Å². The minimum absolute atomic E-state index is 0.883. The van der Waals surface area contributed by atoms with Crippen molar-refractivity contribution in [3.8, 4) is 0 Å². The smallest absolute Gasteiger partial charge is 0.200 e. The first-order valence-corrected chi connectivity index (χ1v) is 16.3. The highest BCUT2D eigenvalue weighted by atomic mass is 19.2. The fourth-order valence-corrected chi connectivity index (χ4v) is 6.47. The van der Waals surface area contributed by atoms with Gasteiger partial charge in [0.1, 0.15) is 58.4 Å². The van der Waals surface area contributed by atoms with Crippen molar-refractivity contribution in [2.45, 2.75) is 13.5 Å². The maximum Gasteiger partial charge on any atom is 0.200 e. The molecule has 0 saturated heterocycles. The molecule has 0 spiro atoms. The van der Waals surface area contributed by atoms with Gasteiger partial charge in [-0.15, -0.1) is 21.9 Å². The molecule has 0 amide bonds. The highest BCUT2D eigenvalue weighted by molar-refractivity contribution is 7.20. The molecule has 0 unspecified atom stereocenters. The summed E-state index contributed by atoms with van der Waals surface area (Å²) >= 11 is 0. The maximum absolute atomic E-state index is 15.4. The molecule has 0 bridgehead atoms.